The van der Waals surface area contributed by atoms with Crippen molar-refractivity contribution >= 4 is 47.9 Å². The summed E-state index contributed by atoms with van der Waals surface area (Å²) in [4.78, 5) is 21.8. The van der Waals surface area contributed by atoms with Gasteiger partial charge in [0.15, 0.2) is 0 Å². The Kier molecular flexibility index (Phi) is 4.95. The Morgan fingerprint density at radius 1 is 1.16 bits per heavy atom. The van der Waals surface area contributed by atoms with E-state index in [1.165, 1.54) is 5.46 Å². The number of carbonyl (C=O) groups excluding carboxylic acids is 1. The van der Waals surface area contributed by atoms with Gasteiger partial charge in [-0.1, -0.05) is 17.6 Å². The van der Waals surface area contributed by atoms with Crippen LogP contribution in [-0.4, -0.2) is 43.2 Å². The van der Waals surface area contributed by atoms with Crippen molar-refractivity contribution in [3.63, 3.8) is 0 Å². The number of nitrogens with zero attached hydrogens (tertiary/aromatic N) is 3. The molecule has 0 unspecified atom stereocenters. The summed E-state index contributed by atoms with van der Waals surface area (Å²) < 4.78 is 0. The summed E-state index contributed by atoms with van der Waals surface area (Å²) in [5, 5.41) is 6.94. The Bertz CT molecular complexity index is 913. The van der Waals surface area contributed by atoms with Crippen molar-refractivity contribution < 1.29 is 4.79 Å². The van der Waals surface area contributed by atoms with Gasteiger partial charge in [0.25, 0.3) is 0 Å². The molecule has 1 aromatic heterocycles. The van der Waals surface area contributed by atoms with Crippen LogP contribution in [0.15, 0.2) is 42.6 Å². The number of nitrogens with one attached hydrogen (secondary N) is 2. The molecule has 0 saturated heterocycles. The second-order valence-corrected chi connectivity index (χ2v) is 6.30. The molecule has 0 aliphatic heterocycles. The number of amides is 1. The number of hydrogen-bond donors (Lipinski definition) is 2. The molecule has 2 aromatic carbocycles. The van der Waals surface area contributed by atoms with Crippen LogP contribution in [0.3, 0.4) is 0 Å². The molecule has 1 heterocycles. The maximum atomic E-state index is 10.8. The number of hydrogen-bond acceptors (Lipinski definition) is 5. The van der Waals surface area contributed by atoms with Crippen LogP contribution in [0.1, 0.15) is 5.56 Å². The molecule has 1 amide bonds. The Balaban J connectivity index is 1.91. The fraction of sp³-hybridized carbons (Fsp3) is 0.167. The molecule has 6 nitrogen and oxygen atoms in total. The van der Waals surface area contributed by atoms with E-state index in [4.69, 9.17) is 0 Å². The topological polar surface area (TPSA) is 70.2 Å². The van der Waals surface area contributed by atoms with Gasteiger partial charge in [0.2, 0.25) is 12.4 Å². The van der Waals surface area contributed by atoms with Gasteiger partial charge in [0.1, 0.15) is 7.85 Å². The molecule has 0 aliphatic carbocycles. The number of rotatable bonds is 6. The van der Waals surface area contributed by atoms with Crippen LogP contribution in [0.5, 0.6) is 0 Å². The fourth-order valence-electron chi connectivity index (χ4n) is 2.71. The van der Waals surface area contributed by atoms with Crippen molar-refractivity contribution in [2.75, 3.05) is 24.7 Å². The molecule has 3 rings (SSSR count). The highest BCUT2D eigenvalue weighted by Gasteiger charge is 2.05. The van der Waals surface area contributed by atoms with Gasteiger partial charge in [-0.15, -0.1) is 0 Å². The third kappa shape index (κ3) is 4.33. The summed E-state index contributed by atoms with van der Waals surface area (Å²) in [5.74, 6) is 0.524. The number of carbonyl (C=O) groups is 1. The zero-order valence-corrected chi connectivity index (χ0v) is 14.6. The van der Waals surface area contributed by atoms with E-state index in [9.17, 15) is 4.79 Å². The average Bonchev–Trinajstić information content (AvgIpc) is 2.54. The van der Waals surface area contributed by atoms with E-state index < -0.39 is 0 Å². The quantitative estimate of drug-likeness (QED) is 0.525. The van der Waals surface area contributed by atoms with Crippen molar-refractivity contribution in [2.45, 2.75) is 6.54 Å². The monoisotopic (exact) mass is 333 g/mol. The van der Waals surface area contributed by atoms with Crippen molar-refractivity contribution in [2.24, 2.45) is 0 Å². The van der Waals surface area contributed by atoms with E-state index in [1.807, 2.05) is 58.5 Å². The Morgan fingerprint density at radius 2 is 1.96 bits per heavy atom. The standard InChI is InChI=1S/C18H20BN5O/c1-24(2)10-12-5-15(21-11-25)8-16(6-12)22-18-20-9-13-7-14(19)3-4-17(13)23-18/h3-9,11H,10,19H2,1-2H3,(H,21,25)(H,20,22,23). The van der Waals surface area contributed by atoms with Crippen molar-refractivity contribution in [1.29, 1.82) is 0 Å². The van der Waals surface area contributed by atoms with Crippen LogP contribution in [0.4, 0.5) is 17.3 Å². The zero-order valence-electron chi connectivity index (χ0n) is 14.6. The van der Waals surface area contributed by atoms with Gasteiger partial charge < -0.3 is 15.5 Å². The minimum Gasteiger partial charge on any atom is -0.329 e. The van der Waals surface area contributed by atoms with Gasteiger partial charge in [0, 0.05) is 29.5 Å². The normalized spacial score (nSPS) is 10.8. The molecule has 0 radical (unpaired) electrons. The maximum Gasteiger partial charge on any atom is 0.227 e. The molecule has 7 heteroatoms. The lowest BCUT2D eigenvalue weighted by molar-refractivity contribution is -0.105. The first-order valence-corrected chi connectivity index (χ1v) is 8.03. The van der Waals surface area contributed by atoms with Crippen molar-refractivity contribution in [3.05, 3.63) is 48.2 Å². The van der Waals surface area contributed by atoms with Crippen LogP contribution < -0.4 is 16.1 Å². The van der Waals surface area contributed by atoms with Crippen LogP contribution in [0.25, 0.3) is 10.9 Å². The number of fused-ring (bicyclic) bond motifs is 1. The lowest BCUT2D eigenvalue weighted by atomic mass is 9.95. The molecular formula is C18H20BN5O. The summed E-state index contributed by atoms with van der Waals surface area (Å²) in [5.41, 5.74) is 4.70. The highest BCUT2D eigenvalue weighted by molar-refractivity contribution is 6.33. The smallest absolute Gasteiger partial charge is 0.227 e. The first kappa shape index (κ1) is 16.9. The predicted octanol–water partition coefficient (Wildman–Crippen LogP) is 1.26. The second-order valence-electron chi connectivity index (χ2n) is 6.30. The Labute approximate surface area is 147 Å². The van der Waals surface area contributed by atoms with E-state index >= 15 is 0 Å². The molecule has 0 saturated carbocycles. The van der Waals surface area contributed by atoms with Gasteiger partial charge in [-0.25, -0.2) is 9.97 Å². The highest BCUT2D eigenvalue weighted by Crippen LogP contribution is 2.22. The summed E-state index contributed by atoms with van der Waals surface area (Å²) in [6.07, 6.45) is 2.49. The van der Waals surface area contributed by atoms with Gasteiger partial charge in [0.05, 0.1) is 5.52 Å². The summed E-state index contributed by atoms with van der Waals surface area (Å²) in [6, 6.07) is 11.9. The molecule has 25 heavy (non-hydrogen) atoms. The first-order chi connectivity index (χ1) is 12.0. The van der Waals surface area contributed by atoms with E-state index in [-0.39, 0.29) is 0 Å². The summed E-state index contributed by atoms with van der Waals surface area (Å²) >= 11 is 0. The molecule has 0 fully saturated rings. The lowest BCUT2D eigenvalue weighted by Crippen LogP contribution is -2.11. The zero-order chi connectivity index (χ0) is 17.8. The van der Waals surface area contributed by atoms with Gasteiger partial charge in [-0.2, -0.15) is 0 Å². The minimum absolute atomic E-state index is 0.524. The number of anilines is 3. The lowest BCUT2D eigenvalue weighted by Gasteiger charge is -2.14. The Hall–Kier alpha value is -2.93. The third-order valence-corrected chi connectivity index (χ3v) is 3.71. The van der Waals surface area contributed by atoms with E-state index in [0.717, 1.165) is 34.4 Å². The molecule has 0 spiro atoms. The first-order valence-electron chi connectivity index (χ1n) is 8.03. The van der Waals surface area contributed by atoms with Gasteiger partial charge in [-0.3, -0.25) is 4.79 Å². The molecule has 0 aliphatic rings. The predicted molar refractivity (Wildman–Crippen MR) is 105 cm³/mol. The van der Waals surface area contributed by atoms with Crippen molar-refractivity contribution in [3.8, 4) is 0 Å². The maximum absolute atomic E-state index is 10.8. The summed E-state index contributed by atoms with van der Waals surface area (Å²) in [6.45, 7) is 0.765. The molecule has 126 valence electrons. The molecule has 2 N–H and O–H groups in total. The van der Waals surface area contributed by atoms with E-state index in [0.29, 0.717) is 12.4 Å². The number of aromatic nitrogens is 2. The minimum atomic E-state index is 0.524. The Morgan fingerprint density at radius 3 is 2.72 bits per heavy atom. The van der Waals surface area contributed by atoms with Crippen LogP contribution in [-0.2, 0) is 11.3 Å². The van der Waals surface area contributed by atoms with Crippen LogP contribution in [0, 0.1) is 0 Å². The highest BCUT2D eigenvalue weighted by atomic mass is 16.1. The van der Waals surface area contributed by atoms with Crippen LogP contribution >= 0.6 is 0 Å². The van der Waals surface area contributed by atoms with E-state index in [1.54, 1.807) is 0 Å². The van der Waals surface area contributed by atoms with Gasteiger partial charge >= 0.3 is 0 Å². The van der Waals surface area contributed by atoms with Crippen molar-refractivity contribution in [1.82, 2.24) is 14.9 Å². The molecule has 0 atom stereocenters. The van der Waals surface area contributed by atoms with Gasteiger partial charge in [-0.05, 0) is 43.9 Å². The molecule has 0 bridgehead atoms. The molecule has 3 aromatic rings. The average molecular weight is 333 g/mol. The fourth-order valence-corrected chi connectivity index (χ4v) is 2.71. The number of benzene rings is 2. The SMILES string of the molecule is Bc1ccc2nc(Nc3cc(CN(C)C)cc(NC=O)c3)ncc2c1. The molecular weight excluding hydrogens is 313 g/mol. The summed E-state index contributed by atoms with van der Waals surface area (Å²) in [7, 11) is 6.05. The second kappa shape index (κ2) is 7.31. The van der Waals surface area contributed by atoms with E-state index in [2.05, 4.69) is 31.6 Å². The van der Waals surface area contributed by atoms with Crippen LogP contribution in [0.2, 0.25) is 0 Å². The third-order valence-electron chi connectivity index (χ3n) is 3.71. The largest absolute Gasteiger partial charge is 0.329 e.